The van der Waals surface area contributed by atoms with E-state index in [1.807, 2.05) is 0 Å². The number of aryl methyl sites for hydroxylation is 3. The molecular weight excluding hydrogens is 278 g/mol. The summed E-state index contributed by atoms with van der Waals surface area (Å²) in [5.41, 5.74) is 15.8. The predicted octanol–water partition coefficient (Wildman–Crippen LogP) is 5.78. The van der Waals surface area contributed by atoms with Crippen molar-refractivity contribution >= 4 is 5.69 Å². The minimum absolute atomic E-state index is 0.896. The van der Waals surface area contributed by atoms with Gasteiger partial charge in [0.15, 0.2) is 0 Å². The second-order valence-corrected chi connectivity index (χ2v) is 6.18. The zero-order chi connectivity index (χ0) is 16.4. The van der Waals surface area contributed by atoms with Crippen LogP contribution < -0.4 is 5.73 Å². The molecular formula is C22H23N. The molecule has 0 saturated carbocycles. The topological polar surface area (TPSA) is 26.0 Å². The average Bonchev–Trinajstić information content (AvgIpc) is 2.57. The summed E-state index contributed by atoms with van der Waals surface area (Å²) in [7, 11) is 0. The first-order valence-electron chi connectivity index (χ1n) is 8.15. The highest BCUT2D eigenvalue weighted by molar-refractivity contribution is 5.84. The Bertz CT molecular complexity index is 812. The molecule has 0 amide bonds. The van der Waals surface area contributed by atoms with Crippen molar-refractivity contribution in [2.24, 2.45) is 0 Å². The highest BCUT2D eigenvalue weighted by Crippen LogP contribution is 2.34. The van der Waals surface area contributed by atoms with Gasteiger partial charge in [-0.2, -0.15) is 0 Å². The molecule has 0 fully saturated rings. The minimum Gasteiger partial charge on any atom is -0.398 e. The van der Waals surface area contributed by atoms with E-state index in [9.17, 15) is 0 Å². The zero-order valence-corrected chi connectivity index (χ0v) is 14.1. The second kappa shape index (κ2) is 6.29. The molecule has 0 saturated heterocycles. The van der Waals surface area contributed by atoms with E-state index in [0.717, 1.165) is 17.7 Å². The largest absolute Gasteiger partial charge is 0.398 e. The summed E-state index contributed by atoms with van der Waals surface area (Å²) in [6.45, 7) is 6.37. The smallest absolute Gasteiger partial charge is 0.0426 e. The highest BCUT2D eigenvalue weighted by atomic mass is 14.6. The standard InChI is InChI=1S/C22H23N/c1-4-17-13-20(18-9-5-15(2)6-10-18)14-21(22(17)23)19-11-7-16(3)8-12-19/h5-14H,4,23H2,1-3H3. The molecule has 0 bridgehead atoms. The van der Waals surface area contributed by atoms with Gasteiger partial charge < -0.3 is 5.73 Å². The van der Waals surface area contributed by atoms with Crippen LogP contribution in [0.15, 0.2) is 60.7 Å². The first-order chi connectivity index (χ1) is 11.1. The van der Waals surface area contributed by atoms with Crippen molar-refractivity contribution in [1.29, 1.82) is 0 Å². The lowest BCUT2D eigenvalue weighted by molar-refractivity contribution is 1.15. The Labute approximate surface area is 138 Å². The van der Waals surface area contributed by atoms with Crippen LogP contribution in [0, 0.1) is 13.8 Å². The predicted molar refractivity (Wildman–Crippen MR) is 101 cm³/mol. The molecule has 0 aliphatic heterocycles. The molecule has 3 rings (SSSR count). The summed E-state index contributed by atoms with van der Waals surface area (Å²) in [5, 5.41) is 0. The van der Waals surface area contributed by atoms with Crippen molar-refractivity contribution in [3.8, 4) is 22.3 Å². The second-order valence-electron chi connectivity index (χ2n) is 6.18. The number of benzene rings is 3. The Hall–Kier alpha value is -2.54. The summed E-state index contributed by atoms with van der Waals surface area (Å²) in [6, 6.07) is 21.7. The lowest BCUT2D eigenvalue weighted by Gasteiger charge is -2.14. The van der Waals surface area contributed by atoms with Gasteiger partial charge in [0.1, 0.15) is 0 Å². The summed E-state index contributed by atoms with van der Waals surface area (Å²) in [6.07, 6.45) is 0.935. The van der Waals surface area contributed by atoms with E-state index >= 15 is 0 Å². The molecule has 23 heavy (non-hydrogen) atoms. The summed E-state index contributed by atoms with van der Waals surface area (Å²) >= 11 is 0. The Balaban J connectivity index is 2.17. The van der Waals surface area contributed by atoms with E-state index in [0.29, 0.717) is 0 Å². The van der Waals surface area contributed by atoms with Crippen molar-refractivity contribution in [2.45, 2.75) is 27.2 Å². The van der Waals surface area contributed by atoms with Crippen LogP contribution in [0.4, 0.5) is 5.69 Å². The summed E-state index contributed by atoms with van der Waals surface area (Å²) in [5.74, 6) is 0. The van der Waals surface area contributed by atoms with E-state index in [1.165, 1.54) is 33.4 Å². The van der Waals surface area contributed by atoms with E-state index in [2.05, 4.69) is 81.4 Å². The van der Waals surface area contributed by atoms with Crippen molar-refractivity contribution in [3.63, 3.8) is 0 Å². The third-order valence-corrected chi connectivity index (χ3v) is 4.39. The molecule has 116 valence electrons. The van der Waals surface area contributed by atoms with Crippen molar-refractivity contribution < 1.29 is 0 Å². The highest BCUT2D eigenvalue weighted by Gasteiger charge is 2.10. The minimum atomic E-state index is 0.896. The van der Waals surface area contributed by atoms with Gasteiger partial charge in [-0.15, -0.1) is 0 Å². The van der Waals surface area contributed by atoms with E-state index in [1.54, 1.807) is 0 Å². The number of anilines is 1. The Morgan fingerprint density at radius 2 is 1.22 bits per heavy atom. The molecule has 0 radical (unpaired) electrons. The third kappa shape index (κ3) is 3.14. The van der Waals surface area contributed by atoms with Crippen LogP contribution in [0.3, 0.4) is 0 Å². The maximum atomic E-state index is 6.44. The van der Waals surface area contributed by atoms with Gasteiger partial charge in [-0.1, -0.05) is 66.6 Å². The van der Waals surface area contributed by atoms with Crippen LogP contribution in [0.1, 0.15) is 23.6 Å². The van der Waals surface area contributed by atoms with Gasteiger partial charge in [0.2, 0.25) is 0 Å². The molecule has 0 atom stereocenters. The van der Waals surface area contributed by atoms with Crippen LogP contribution in [-0.2, 0) is 6.42 Å². The van der Waals surface area contributed by atoms with Crippen LogP contribution in [0.25, 0.3) is 22.3 Å². The molecule has 0 unspecified atom stereocenters. The molecule has 1 nitrogen and oxygen atoms in total. The molecule has 1 heteroatoms. The zero-order valence-electron chi connectivity index (χ0n) is 14.1. The van der Waals surface area contributed by atoms with E-state index in [-0.39, 0.29) is 0 Å². The number of nitrogen functional groups attached to an aromatic ring is 1. The average molecular weight is 301 g/mol. The van der Waals surface area contributed by atoms with E-state index in [4.69, 9.17) is 5.73 Å². The molecule has 0 aromatic heterocycles. The number of nitrogens with two attached hydrogens (primary N) is 1. The Kier molecular flexibility index (Phi) is 4.20. The maximum absolute atomic E-state index is 6.44. The third-order valence-electron chi connectivity index (χ3n) is 4.39. The fourth-order valence-electron chi connectivity index (χ4n) is 2.89. The maximum Gasteiger partial charge on any atom is 0.0426 e. The Morgan fingerprint density at radius 1 is 0.696 bits per heavy atom. The van der Waals surface area contributed by atoms with Gasteiger partial charge in [-0.05, 0) is 54.7 Å². The molecule has 0 spiro atoms. The molecule has 0 aliphatic rings. The first-order valence-corrected chi connectivity index (χ1v) is 8.15. The van der Waals surface area contributed by atoms with Gasteiger partial charge in [0.25, 0.3) is 0 Å². The molecule has 3 aromatic carbocycles. The van der Waals surface area contributed by atoms with Crippen LogP contribution in [0.2, 0.25) is 0 Å². The normalized spacial score (nSPS) is 10.7. The molecule has 3 aromatic rings. The van der Waals surface area contributed by atoms with Crippen molar-refractivity contribution in [3.05, 3.63) is 77.4 Å². The number of hydrogen-bond donors (Lipinski definition) is 1. The van der Waals surface area contributed by atoms with Gasteiger partial charge in [-0.25, -0.2) is 0 Å². The lowest BCUT2D eigenvalue weighted by atomic mass is 9.92. The quantitative estimate of drug-likeness (QED) is 0.609. The van der Waals surface area contributed by atoms with E-state index < -0.39 is 0 Å². The van der Waals surface area contributed by atoms with Gasteiger partial charge >= 0.3 is 0 Å². The van der Waals surface area contributed by atoms with Gasteiger partial charge in [-0.3, -0.25) is 0 Å². The van der Waals surface area contributed by atoms with Crippen LogP contribution >= 0.6 is 0 Å². The lowest BCUT2D eigenvalue weighted by Crippen LogP contribution is -1.98. The van der Waals surface area contributed by atoms with Gasteiger partial charge in [0, 0.05) is 11.3 Å². The van der Waals surface area contributed by atoms with Crippen LogP contribution in [0.5, 0.6) is 0 Å². The monoisotopic (exact) mass is 301 g/mol. The number of hydrogen-bond acceptors (Lipinski definition) is 1. The fraction of sp³-hybridized carbons (Fsp3) is 0.182. The fourth-order valence-corrected chi connectivity index (χ4v) is 2.89. The first kappa shape index (κ1) is 15.4. The molecule has 2 N–H and O–H groups in total. The molecule has 0 aliphatic carbocycles. The molecule has 0 heterocycles. The Morgan fingerprint density at radius 3 is 1.74 bits per heavy atom. The summed E-state index contributed by atoms with van der Waals surface area (Å²) in [4.78, 5) is 0. The van der Waals surface area contributed by atoms with Crippen molar-refractivity contribution in [2.75, 3.05) is 5.73 Å². The number of rotatable bonds is 3. The van der Waals surface area contributed by atoms with Crippen LogP contribution in [-0.4, -0.2) is 0 Å². The van der Waals surface area contributed by atoms with Gasteiger partial charge in [0.05, 0.1) is 0 Å². The SMILES string of the molecule is CCc1cc(-c2ccc(C)cc2)cc(-c2ccc(C)cc2)c1N. The van der Waals surface area contributed by atoms with Crippen molar-refractivity contribution in [1.82, 2.24) is 0 Å². The summed E-state index contributed by atoms with van der Waals surface area (Å²) < 4.78 is 0.